The fourth-order valence-corrected chi connectivity index (χ4v) is 2.32. The lowest BCUT2D eigenvalue weighted by molar-refractivity contribution is -0.129. The number of hydrogen-bond donors (Lipinski definition) is 2. The Labute approximate surface area is 157 Å². The van der Waals surface area contributed by atoms with E-state index in [1.54, 1.807) is 6.92 Å². The molecule has 0 aliphatic rings. The molecule has 1 rings (SSSR count). The van der Waals surface area contributed by atoms with Crippen LogP contribution in [0.4, 0.5) is 0 Å². The van der Waals surface area contributed by atoms with Crippen LogP contribution < -0.4 is 15.4 Å². The molecule has 0 bridgehead atoms. The molecule has 0 aliphatic carbocycles. The first-order valence-corrected chi connectivity index (χ1v) is 9.46. The molecule has 2 N–H and O–H groups in total. The highest BCUT2D eigenvalue weighted by atomic mass is 16.5. The first-order chi connectivity index (χ1) is 12.1. The summed E-state index contributed by atoms with van der Waals surface area (Å²) in [6, 6.07) is 7.64. The summed E-state index contributed by atoms with van der Waals surface area (Å²) in [7, 11) is 0. The number of benzene rings is 1. The van der Waals surface area contributed by atoms with Gasteiger partial charge in [0.2, 0.25) is 11.8 Å². The highest BCUT2D eigenvalue weighted by molar-refractivity contribution is 5.87. The van der Waals surface area contributed by atoms with Crippen LogP contribution in [0.2, 0.25) is 0 Å². The molecule has 2 atom stereocenters. The summed E-state index contributed by atoms with van der Waals surface area (Å²) in [4.78, 5) is 23.8. The smallest absolute Gasteiger partial charge is 0.242 e. The topological polar surface area (TPSA) is 67.4 Å². The van der Waals surface area contributed by atoms with Gasteiger partial charge < -0.3 is 15.4 Å². The van der Waals surface area contributed by atoms with Crippen molar-refractivity contribution < 1.29 is 14.3 Å². The average Bonchev–Trinajstić information content (AvgIpc) is 2.58. The monoisotopic (exact) mass is 362 g/mol. The van der Waals surface area contributed by atoms with Gasteiger partial charge in [0.05, 0.1) is 6.61 Å². The van der Waals surface area contributed by atoms with E-state index in [-0.39, 0.29) is 23.3 Å². The maximum absolute atomic E-state index is 11.9. The summed E-state index contributed by atoms with van der Waals surface area (Å²) in [5.74, 6) is 0.520. The van der Waals surface area contributed by atoms with Gasteiger partial charge in [0.25, 0.3) is 0 Å². The van der Waals surface area contributed by atoms with Crippen LogP contribution in [0.25, 0.3) is 0 Å². The fraction of sp³-hybridized carbons (Fsp3) is 0.619. The largest absolute Gasteiger partial charge is 0.494 e. The Morgan fingerprint density at radius 1 is 1.08 bits per heavy atom. The van der Waals surface area contributed by atoms with Gasteiger partial charge in [0.1, 0.15) is 11.8 Å². The third-order valence-electron chi connectivity index (χ3n) is 4.31. The van der Waals surface area contributed by atoms with Gasteiger partial charge in [-0.05, 0) is 49.8 Å². The van der Waals surface area contributed by atoms with E-state index in [2.05, 4.69) is 43.5 Å². The average molecular weight is 363 g/mol. The van der Waals surface area contributed by atoms with Gasteiger partial charge in [-0.2, -0.15) is 0 Å². The number of ether oxygens (including phenoxy) is 1. The molecule has 0 aromatic heterocycles. The Balaban J connectivity index is 2.28. The first-order valence-electron chi connectivity index (χ1n) is 9.46. The second-order valence-electron chi connectivity index (χ2n) is 7.83. The van der Waals surface area contributed by atoms with Crippen LogP contribution in [-0.4, -0.2) is 30.5 Å². The molecule has 26 heavy (non-hydrogen) atoms. The molecule has 0 spiro atoms. The molecule has 0 saturated heterocycles. The van der Waals surface area contributed by atoms with E-state index in [4.69, 9.17) is 4.74 Å². The molecule has 2 amide bonds. The van der Waals surface area contributed by atoms with Crippen molar-refractivity contribution in [3.63, 3.8) is 0 Å². The van der Waals surface area contributed by atoms with E-state index >= 15 is 0 Å². The third-order valence-corrected chi connectivity index (χ3v) is 4.31. The quantitative estimate of drug-likeness (QED) is 0.660. The minimum Gasteiger partial charge on any atom is -0.494 e. The van der Waals surface area contributed by atoms with E-state index in [9.17, 15) is 9.59 Å². The predicted octanol–water partition coefficient (Wildman–Crippen LogP) is 3.56. The Kier molecular flexibility index (Phi) is 8.62. The van der Waals surface area contributed by atoms with Gasteiger partial charge in [-0.15, -0.1) is 0 Å². The van der Waals surface area contributed by atoms with Crippen molar-refractivity contribution in [2.24, 2.45) is 0 Å². The Morgan fingerprint density at radius 3 is 2.23 bits per heavy atom. The number of amides is 2. The van der Waals surface area contributed by atoms with Crippen LogP contribution in [0.15, 0.2) is 24.3 Å². The van der Waals surface area contributed by atoms with Gasteiger partial charge in [-0.25, -0.2) is 0 Å². The van der Waals surface area contributed by atoms with E-state index in [1.165, 1.54) is 5.56 Å². The highest BCUT2D eigenvalue weighted by Gasteiger charge is 2.16. The zero-order chi connectivity index (χ0) is 19.7. The van der Waals surface area contributed by atoms with Crippen molar-refractivity contribution in [1.82, 2.24) is 10.6 Å². The van der Waals surface area contributed by atoms with Crippen LogP contribution in [-0.2, 0) is 15.0 Å². The maximum Gasteiger partial charge on any atom is 0.242 e. The minimum atomic E-state index is -0.526. The fourth-order valence-electron chi connectivity index (χ4n) is 2.32. The highest BCUT2D eigenvalue weighted by Crippen LogP contribution is 2.24. The molecular weight excluding hydrogens is 328 g/mol. The van der Waals surface area contributed by atoms with Crippen LogP contribution in [0.3, 0.4) is 0 Å². The number of carbonyl (C=O) groups excluding carboxylic acids is 2. The van der Waals surface area contributed by atoms with E-state index in [1.807, 2.05) is 26.0 Å². The van der Waals surface area contributed by atoms with Crippen molar-refractivity contribution in [1.29, 1.82) is 0 Å². The van der Waals surface area contributed by atoms with Gasteiger partial charge in [0.15, 0.2) is 0 Å². The SMILES string of the molecule is CC[C@H](C)NC(=O)[C@@H](C)NC(=O)CCCOc1ccc(C(C)(C)C)cc1. The van der Waals surface area contributed by atoms with Gasteiger partial charge >= 0.3 is 0 Å². The van der Waals surface area contributed by atoms with E-state index in [0.717, 1.165) is 12.2 Å². The maximum atomic E-state index is 11.9. The molecule has 0 saturated carbocycles. The second kappa shape index (κ2) is 10.2. The predicted molar refractivity (Wildman–Crippen MR) is 105 cm³/mol. The summed E-state index contributed by atoms with van der Waals surface area (Å²) >= 11 is 0. The zero-order valence-corrected chi connectivity index (χ0v) is 17.0. The summed E-state index contributed by atoms with van der Waals surface area (Å²) in [5.41, 5.74) is 1.38. The summed E-state index contributed by atoms with van der Waals surface area (Å²) in [6.07, 6.45) is 1.80. The lowest BCUT2D eigenvalue weighted by Gasteiger charge is -2.19. The molecule has 0 unspecified atom stereocenters. The lowest BCUT2D eigenvalue weighted by Crippen LogP contribution is -2.47. The van der Waals surface area contributed by atoms with Crippen molar-refractivity contribution in [3.05, 3.63) is 29.8 Å². The Hall–Kier alpha value is -2.04. The normalized spacial score (nSPS) is 13.6. The summed E-state index contributed by atoms with van der Waals surface area (Å²) < 4.78 is 5.68. The number of carbonyl (C=O) groups is 2. The Morgan fingerprint density at radius 2 is 1.69 bits per heavy atom. The number of hydrogen-bond acceptors (Lipinski definition) is 3. The van der Waals surface area contributed by atoms with E-state index < -0.39 is 6.04 Å². The summed E-state index contributed by atoms with van der Waals surface area (Å²) in [5, 5.41) is 5.59. The van der Waals surface area contributed by atoms with Crippen LogP contribution >= 0.6 is 0 Å². The molecule has 0 heterocycles. The van der Waals surface area contributed by atoms with Crippen molar-refractivity contribution in [2.45, 2.75) is 78.3 Å². The van der Waals surface area contributed by atoms with E-state index in [0.29, 0.717) is 19.4 Å². The molecule has 0 radical (unpaired) electrons. The van der Waals surface area contributed by atoms with Crippen LogP contribution in [0.1, 0.15) is 66.4 Å². The first kappa shape index (κ1) is 22.0. The molecule has 0 fully saturated rings. The van der Waals surface area contributed by atoms with Crippen molar-refractivity contribution in [3.8, 4) is 5.75 Å². The molecular formula is C21H34N2O3. The number of nitrogens with one attached hydrogen (secondary N) is 2. The number of rotatable bonds is 9. The lowest BCUT2D eigenvalue weighted by atomic mass is 9.87. The van der Waals surface area contributed by atoms with Crippen LogP contribution in [0.5, 0.6) is 5.75 Å². The molecule has 5 heteroatoms. The summed E-state index contributed by atoms with van der Waals surface area (Å²) in [6.45, 7) is 12.6. The van der Waals surface area contributed by atoms with Crippen molar-refractivity contribution in [2.75, 3.05) is 6.61 Å². The third kappa shape index (κ3) is 7.89. The second-order valence-corrected chi connectivity index (χ2v) is 7.83. The molecule has 1 aromatic rings. The molecule has 146 valence electrons. The van der Waals surface area contributed by atoms with Crippen molar-refractivity contribution >= 4 is 11.8 Å². The van der Waals surface area contributed by atoms with Crippen LogP contribution in [0, 0.1) is 0 Å². The van der Waals surface area contributed by atoms with Gasteiger partial charge in [0, 0.05) is 12.5 Å². The van der Waals surface area contributed by atoms with Gasteiger partial charge in [-0.1, -0.05) is 39.8 Å². The standard InChI is InChI=1S/C21H34N2O3/c1-7-15(2)22-20(25)16(3)23-19(24)9-8-14-26-18-12-10-17(11-13-18)21(4,5)6/h10-13,15-16H,7-9,14H2,1-6H3,(H,22,25)(H,23,24)/t15-,16+/m0/s1. The molecule has 1 aromatic carbocycles. The zero-order valence-electron chi connectivity index (χ0n) is 17.0. The Bertz CT molecular complexity index is 576. The molecule has 5 nitrogen and oxygen atoms in total. The minimum absolute atomic E-state index is 0.111. The molecule has 0 aliphatic heterocycles. The van der Waals surface area contributed by atoms with Gasteiger partial charge in [-0.3, -0.25) is 9.59 Å².